The third kappa shape index (κ3) is 5.88. The van der Waals surface area contributed by atoms with Gasteiger partial charge in [-0.1, -0.05) is 12.1 Å². The predicted octanol–water partition coefficient (Wildman–Crippen LogP) is 3.80. The smallest absolute Gasteiger partial charge is 0.255 e. The van der Waals surface area contributed by atoms with E-state index in [1.807, 2.05) is 30.3 Å². The van der Waals surface area contributed by atoms with Gasteiger partial charge in [-0.15, -0.1) is 11.3 Å². The van der Waals surface area contributed by atoms with Crippen LogP contribution in [0.15, 0.2) is 72.0 Å². The number of rotatable bonds is 8. The molecule has 2 aromatic carbocycles. The number of nitrogens with one attached hydrogen (secondary N) is 2. The van der Waals surface area contributed by atoms with E-state index in [1.165, 1.54) is 23.7 Å². The lowest BCUT2D eigenvalue weighted by atomic mass is 10.1. The Kier molecular flexibility index (Phi) is 7.38. The monoisotopic (exact) mass is 581 g/mol. The van der Waals surface area contributed by atoms with Crippen LogP contribution in [-0.2, 0) is 23.1 Å². The lowest BCUT2D eigenvalue weighted by Crippen LogP contribution is -2.25. The number of pyridine rings is 1. The number of hydrogen-bond donors (Lipinski definition) is 4. The summed E-state index contributed by atoms with van der Waals surface area (Å²) in [4.78, 5) is 26.9. The molecule has 5 aromatic rings. The Bertz CT molecular complexity index is 1860. The first-order chi connectivity index (χ1) is 19.1. The Morgan fingerprint density at radius 2 is 1.77 bits per heavy atom. The number of amides is 1. The van der Waals surface area contributed by atoms with Crippen LogP contribution in [0.1, 0.15) is 20.8 Å². The molecule has 3 heterocycles. The van der Waals surface area contributed by atoms with Crippen molar-refractivity contribution in [1.29, 1.82) is 0 Å². The number of fused-ring (bicyclic) bond motifs is 1. The normalized spacial score (nSPS) is 11.5. The van der Waals surface area contributed by atoms with Crippen LogP contribution in [0.25, 0.3) is 21.3 Å². The SMILES string of the molecule is Nc1ncnc2ccc(-c3ccc(CNc4ncc(S(N)(=O)=O)cc4C(=O)NCc4ccc(F)c(F)c4)s3)cc12. The van der Waals surface area contributed by atoms with Crippen molar-refractivity contribution >= 4 is 49.8 Å². The molecule has 0 unspecified atom stereocenters. The zero-order valence-corrected chi connectivity index (χ0v) is 22.2. The number of aromatic nitrogens is 3. The largest absolute Gasteiger partial charge is 0.383 e. The number of nitrogen functional groups attached to an aromatic ring is 1. The van der Waals surface area contributed by atoms with Crippen molar-refractivity contribution in [1.82, 2.24) is 20.3 Å². The molecule has 10 nitrogen and oxygen atoms in total. The molecule has 40 heavy (non-hydrogen) atoms. The molecule has 3 aromatic heterocycles. The molecule has 6 N–H and O–H groups in total. The first-order valence-corrected chi connectivity index (χ1v) is 14.0. The highest BCUT2D eigenvalue weighted by Gasteiger charge is 2.19. The number of thiophene rings is 1. The number of halogens is 2. The summed E-state index contributed by atoms with van der Waals surface area (Å²) >= 11 is 1.50. The summed E-state index contributed by atoms with van der Waals surface area (Å²) in [6, 6.07) is 13.9. The minimum atomic E-state index is -4.14. The maximum absolute atomic E-state index is 13.5. The Morgan fingerprint density at radius 3 is 2.55 bits per heavy atom. The van der Waals surface area contributed by atoms with Gasteiger partial charge in [0, 0.05) is 27.9 Å². The lowest BCUT2D eigenvalue weighted by molar-refractivity contribution is 0.0951. The number of benzene rings is 2. The van der Waals surface area contributed by atoms with Crippen molar-refractivity contribution in [3.63, 3.8) is 0 Å². The Labute approximate surface area is 231 Å². The molecule has 0 bridgehead atoms. The number of primary sulfonamides is 1. The maximum Gasteiger partial charge on any atom is 0.255 e. The molecule has 0 saturated carbocycles. The first-order valence-electron chi connectivity index (χ1n) is 11.7. The van der Waals surface area contributed by atoms with E-state index in [9.17, 15) is 22.0 Å². The highest BCUT2D eigenvalue weighted by molar-refractivity contribution is 7.89. The van der Waals surface area contributed by atoms with Gasteiger partial charge in [-0.25, -0.2) is 37.3 Å². The standard InChI is InChI=1S/C26H21F2N7O3S2/c27-20-4-1-14(7-21(20)28)10-33-26(36)19-9-17(40(30,37)38)12-32-25(19)31-11-16-3-6-23(39-16)15-2-5-22-18(8-15)24(29)35-13-34-22/h1-9,12-13H,10-11H2,(H,31,32)(H,33,36)(H2,29,34,35)(H2,30,37,38). The summed E-state index contributed by atoms with van der Waals surface area (Å²) in [7, 11) is -4.14. The van der Waals surface area contributed by atoms with Gasteiger partial charge in [-0.2, -0.15) is 0 Å². The Morgan fingerprint density at radius 1 is 0.950 bits per heavy atom. The van der Waals surface area contributed by atoms with E-state index in [0.29, 0.717) is 11.4 Å². The predicted molar refractivity (Wildman–Crippen MR) is 148 cm³/mol. The van der Waals surface area contributed by atoms with Crippen LogP contribution in [0.4, 0.5) is 20.4 Å². The number of sulfonamides is 1. The number of nitrogens with zero attached hydrogens (tertiary/aromatic N) is 3. The van der Waals surface area contributed by atoms with Gasteiger partial charge in [0.05, 0.1) is 17.6 Å². The van der Waals surface area contributed by atoms with E-state index < -0.39 is 27.6 Å². The summed E-state index contributed by atoms with van der Waals surface area (Å²) in [5.74, 6) is -2.26. The van der Waals surface area contributed by atoms with Crippen LogP contribution >= 0.6 is 11.3 Å². The third-order valence-corrected chi connectivity index (χ3v) is 7.93. The van der Waals surface area contributed by atoms with Crippen LogP contribution in [0.2, 0.25) is 0 Å². The Balaban J connectivity index is 1.35. The van der Waals surface area contributed by atoms with Crippen molar-refractivity contribution in [2.45, 2.75) is 18.0 Å². The summed E-state index contributed by atoms with van der Waals surface area (Å²) in [6.45, 7) is 0.138. The second kappa shape index (κ2) is 10.9. The van der Waals surface area contributed by atoms with Gasteiger partial charge in [0.25, 0.3) is 5.91 Å². The van der Waals surface area contributed by atoms with Crippen molar-refractivity contribution in [3.8, 4) is 10.4 Å². The molecule has 0 spiro atoms. The van der Waals surface area contributed by atoms with Gasteiger partial charge >= 0.3 is 0 Å². The van der Waals surface area contributed by atoms with E-state index in [2.05, 4.69) is 25.6 Å². The third-order valence-electron chi connectivity index (χ3n) is 5.92. The molecule has 0 radical (unpaired) electrons. The number of nitrogens with two attached hydrogens (primary N) is 2. The van der Waals surface area contributed by atoms with E-state index in [4.69, 9.17) is 10.9 Å². The summed E-state index contributed by atoms with van der Waals surface area (Å²) < 4.78 is 50.5. The number of hydrogen-bond acceptors (Lipinski definition) is 9. The van der Waals surface area contributed by atoms with Crippen LogP contribution < -0.4 is 21.5 Å². The second-order valence-electron chi connectivity index (χ2n) is 8.65. The minimum absolute atomic E-state index is 0.0871. The fourth-order valence-corrected chi connectivity index (χ4v) is 5.30. The van der Waals surface area contributed by atoms with Gasteiger partial charge in [-0.3, -0.25) is 4.79 Å². The zero-order chi connectivity index (χ0) is 28.4. The van der Waals surface area contributed by atoms with Gasteiger partial charge in [0.1, 0.15) is 22.9 Å². The molecular weight excluding hydrogens is 560 g/mol. The molecule has 0 atom stereocenters. The van der Waals surface area contributed by atoms with Gasteiger partial charge in [0.15, 0.2) is 11.6 Å². The fraction of sp³-hybridized carbons (Fsp3) is 0.0769. The molecule has 1 amide bonds. The quantitative estimate of drug-likeness (QED) is 0.215. The summed E-state index contributed by atoms with van der Waals surface area (Å²) in [5.41, 5.74) is 7.88. The summed E-state index contributed by atoms with van der Waals surface area (Å²) in [6.07, 6.45) is 2.46. The first kappa shape index (κ1) is 27.1. The fourth-order valence-electron chi connectivity index (χ4n) is 3.87. The molecule has 204 valence electrons. The number of anilines is 2. The van der Waals surface area contributed by atoms with Crippen molar-refractivity contribution in [3.05, 3.63) is 94.8 Å². The second-order valence-corrected chi connectivity index (χ2v) is 11.4. The molecule has 14 heteroatoms. The molecule has 0 aliphatic heterocycles. The minimum Gasteiger partial charge on any atom is -0.383 e. The summed E-state index contributed by atoms with van der Waals surface area (Å²) in [5, 5.41) is 11.6. The van der Waals surface area contributed by atoms with Crippen molar-refractivity contribution < 1.29 is 22.0 Å². The van der Waals surface area contributed by atoms with E-state index in [0.717, 1.165) is 50.6 Å². The van der Waals surface area contributed by atoms with Gasteiger partial charge in [0.2, 0.25) is 10.0 Å². The molecule has 0 aliphatic carbocycles. The molecule has 0 aliphatic rings. The average Bonchev–Trinajstić information content (AvgIpc) is 3.41. The Hall–Kier alpha value is -4.53. The number of carbonyl (C=O) groups is 1. The maximum atomic E-state index is 13.5. The van der Waals surface area contributed by atoms with Crippen molar-refractivity contribution in [2.75, 3.05) is 11.1 Å². The van der Waals surface area contributed by atoms with Crippen LogP contribution in [-0.4, -0.2) is 29.3 Å². The lowest BCUT2D eigenvalue weighted by Gasteiger charge is -2.12. The van der Waals surface area contributed by atoms with E-state index >= 15 is 0 Å². The van der Waals surface area contributed by atoms with Crippen LogP contribution in [0.3, 0.4) is 0 Å². The van der Waals surface area contributed by atoms with Gasteiger partial charge < -0.3 is 16.4 Å². The van der Waals surface area contributed by atoms with Crippen LogP contribution in [0, 0.1) is 11.6 Å². The average molecular weight is 582 g/mol. The van der Waals surface area contributed by atoms with Gasteiger partial charge in [-0.05, 0) is 53.6 Å². The topological polar surface area (TPSA) is 166 Å². The van der Waals surface area contributed by atoms with Crippen LogP contribution in [0.5, 0.6) is 0 Å². The van der Waals surface area contributed by atoms with E-state index in [-0.39, 0.29) is 29.4 Å². The molecule has 0 fully saturated rings. The van der Waals surface area contributed by atoms with Crippen molar-refractivity contribution in [2.24, 2.45) is 5.14 Å². The molecule has 0 saturated heterocycles. The highest BCUT2D eigenvalue weighted by atomic mass is 32.2. The molecular formula is C26H21F2N7O3S2. The van der Waals surface area contributed by atoms with E-state index in [1.54, 1.807) is 0 Å². The number of carbonyl (C=O) groups excluding carboxylic acids is 1. The highest BCUT2D eigenvalue weighted by Crippen LogP contribution is 2.31. The molecule has 5 rings (SSSR count). The zero-order valence-electron chi connectivity index (χ0n) is 20.6.